The highest BCUT2D eigenvalue weighted by Gasteiger charge is 2.32. The van der Waals surface area contributed by atoms with Crippen molar-refractivity contribution in [2.45, 2.75) is 40.5 Å². The lowest BCUT2D eigenvalue weighted by atomic mass is 9.76. The average Bonchev–Trinajstić information content (AvgIpc) is 2.56. The van der Waals surface area contributed by atoms with Crippen LogP contribution >= 0.6 is 0 Å². The van der Waals surface area contributed by atoms with Crippen molar-refractivity contribution < 1.29 is 0 Å². The molecule has 0 saturated heterocycles. The molecule has 1 aliphatic heterocycles. The smallest absolute Gasteiger partial charge is 0.0487 e. The van der Waals surface area contributed by atoms with Gasteiger partial charge in [-0.15, -0.1) is 6.42 Å². The topological polar surface area (TPSA) is 24.9 Å². The van der Waals surface area contributed by atoms with Crippen LogP contribution in [0.3, 0.4) is 0 Å². The molecular weight excluding hydrogens is 304 g/mol. The molecule has 1 aliphatic rings. The number of benzene rings is 1. The molecule has 126 valence electrons. The van der Waals surface area contributed by atoms with E-state index in [4.69, 9.17) is 6.42 Å². The number of anilines is 1. The molecule has 0 saturated carbocycles. The van der Waals surface area contributed by atoms with Crippen molar-refractivity contribution >= 4 is 5.69 Å². The van der Waals surface area contributed by atoms with E-state index in [2.05, 4.69) is 69.6 Å². The summed E-state index contributed by atoms with van der Waals surface area (Å²) in [5.74, 6) is 2.84. The summed E-state index contributed by atoms with van der Waals surface area (Å²) >= 11 is 0. The summed E-state index contributed by atoms with van der Waals surface area (Å²) in [4.78, 5) is 4.63. The van der Waals surface area contributed by atoms with E-state index in [1.165, 1.54) is 28.0 Å². The van der Waals surface area contributed by atoms with E-state index in [-0.39, 0.29) is 5.92 Å². The van der Waals surface area contributed by atoms with Crippen LogP contribution in [0.1, 0.15) is 53.3 Å². The van der Waals surface area contributed by atoms with E-state index in [9.17, 15) is 0 Å². The fourth-order valence-corrected chi connectivity index (χ4v) is 3.82. The van der Waals surface area contributed by atoms with Gasteiger partial charge in [-0.2, -0.15) is 0 Å². The Balaban J connectivity index is 2.35. The maximum absolute atomic E-state index is 5.57. The van der Waals surface area contributed by atoms with Crippen molar-refractivity contribution in [3.8, 4) is 12.3 Å². The summed E-state index contributed by atoms with van der Waals surface area (Å²) in [6.07, 6.45) is 7.51. The van der Waals surface area contributed by atoms with Crippen molar-refractivity contribution in [3.63, 3.8) is 0 Å². The number of aromatic nitrogens is 1. The molecule has 2 aromatic rings. The molecule has 0 spiro atoms. The summed E-state index contributed by atoms with van der Waals surface area (Å²) in [5.41, 5.74) is 11.4. The van der Waals surface area contributed by atoms with Crippen molar-refractivity contribution in [2.24, 2.45) is 0 Å². The number of pyridine rings is 1. The summed E-state index contributed by atoms with van der Waals surface area (Å²) in [6, 6.07) is 6.26. The highest BCUT2D eigenvalue weighted by atomic mass is 14.9. The molecule has 2 nitrogen and oxygen atoms in total. The predicted molar refractivity (Wildman–Crippen MR) is 106 cm³/mol. The number of hydrogen-bond donors (Lipinski definition) is 1. The second kappa shape index (κ2) is 6.26. The second-order valence-corrected chi connectivity index (χ2v) is 6.91. The van der Waals surface area contributed by atoms with Crippen LogP contribution in [-0.2, 0) is 0 Å². The van der Waals surface area contributed by atoms with E-state index in [0.29, 0.717) is 0 Å². The molecule has 3 rings (SSSR count). The Morgan fingerprint density at radius 2 is 1.92 bits per heavy atom. The minimum absolute atomic E-state index is 0.118. The third-order valence-corrected chi connectivity index (χ3v) is 5.01. The van der Waals surface area contributed by atoms with Crippen LogP contribution in [0.15, 0.2) is 47.8 Å². The molecular formula is C23H24N2. The summed E-state index contributed by atoms with van der Waals surface area (Å²) in [7, 11) is 0. The molecule has 0 unspecified atom stereocenters. The highest BCUT2D eigenvalue weighted by Crippen LogP contribution is 2.46. The molecule has 2 heterocycles. The number of allylic oxidation sites excluding steroid dienone is 3. The zero-order valence-corrected chi connectivity index (χ0v) is 15.6. The Hall–Kier alpha value is -2.79. The molecule has 1 aromatic heterocycles. The van der Waals surface area contributed by atoms with Gasteiger partial charge in [0.05, 0.1) is 0 Å². The van der Waals surface area contributed by atoms with Crippen molar-refractivity contribution in [3.05, 3.63) is 81.3 Å². The van der Waals surface area contributed by atoms with Crippen molar-refractivity contribution in [1.82, 2.24) is 4.98 Å². The molecule has 1 aromatic carbocycles. The summed E-state index contributed by atoms with van der Waals surface area (Å²) < 4.78 is 0. The molecule has 0 radical (unpaired) electrons. The molecule has 1 N–H and O–H groups in total. The average molecular weight is 328 g/mol. The van der Waals surface area contributed by atoms with Crippen LogP contribution < -0.4 is 5.32 Å². The first kappa shape index (κ1) is 17.0. The van der Waals surface area contributed by atoms with Crippen LogP contribution in [-0.4, -0.2) is 4.98 Å². The van der Waals surface area contributed by atoms with E-state index in [0.717, 1.165) is 28.1 Å². The van der Waals surface area contributed by atoms with Gasteiger partial charge in [0.1, 0.15) is 0 Å². The van der Waals surface area contributed by atoms with E-state index < -0.39 is 0 Å². The monoisotopic (exact) mass is 328 g/mol. The third-order valence-electron chi connectivity index (χ3n) is 5.01. The van der Waals surface area contributed by atoms with E-state index >= 15 is 0 Å². The lowest BCUT2D eigenvalue weighted by molar-refractivity contribution is 0.875. The summed E-state index contributed by atoms with van der Waals surface area (Å²) in [5, 5.41) is 3.59. The second-order valence-electron chi connectivity index (χ2n) is 6.91. The number of nitrogens with one attached hydrogen (secondary N) is 1. The minimum Gasteiger partial charge on any atom is -0.358 e. The van der Waals surface area contributed by atoms with Gasteiger partial charge in [0.15, 0.2) is 0 Å². The Labute approximate surface area is 150 Å². The molecule has 0 aliphatic carbocycles. The Morgan fingerprint density at radius 1 is 1.20 bits per heavy atom. The number of fused-ring (bicyclic) bond motifs is 1. The molecule has 0 bridgehead atoms. The van der Waals surface area contributed by atoms with Crippen LogP contribution in [0.5, 0.6) is 0 Å². The highest BCUT2D eigenvalue weighted by molar-refractivity contribution is 5.72. The molecule has 1 atom stereocenters. The molecule has 25 heavy (non-hydrogen) atoms. The number of aryl methyl sites for hydroxylation is 3. The van der Waals surface area contributed by atoms with Crippen LogP contribution in [0.25, 0.3) is 0 Å². The lowest BCUT2D eigenvalue weighted by Crippen LogP contribution is -2.21. The molecule has 0 amide bonds. The largest absolute Gasteiger partial charge is 0.358 e. The first-order valence-corrected chi connectivity index (χ1v) is 8.52. The van der Waals surface area contributed by atoms with Gasteiger partial charge >= 0.3 is 0 Å². The maximum atomic E-state index is 5.57. The number of rotatable bonds is 2. The lowest BCUT2D eigenvalue weighted by Gasteiger charge is -2.34. The van der Waals surface area contributed by atoms with Crippen LogP contribution in [0, 0.1) is 33.1 Å². The van der Waals surface area contributed by atoms with Crippen molar-refractivity contribution in [2.75, 3.05) is 5.32 Å². The van der Waals surface area contributed by atoms with Gasteiger partial charge in [-0.3, -0.25) is 4.98 Å². The van der Waals surface area contributed by atoms with E-state index in [1.807, 2.05) is 12.3 Å². The summed E-state index contributed by atoms with van der Waals surface area (Å²) in [6.45, 7) is 14.7. The Bertz CT molecular complexity index is 955. The van der Waals surface area contributed by atoms with Gasteiger partial charge in [-0.05, 0) is 69.0 Å². The van der Waals surface area contributed by atoms with Gasteiger partial charge in [0, 0.05) is 40.3 Å². The number of nitrogens with zero attached hydrogens (tertiary/aromatic N) is 1. The Kier molecular flexibility index (Phi) is 4.27. The standard InChI is InChI=1S/C23H24N2/c1-8-18-9-10-19(14(4)11-18)22-20(13(2)3)17(7)25-23-15(5)12-24-16(6)21(22)23/h1,9-12,22,25H,2H2,3-7H3/t22-/m0/s1. The fourth-order valence-electron chi connectivity index (χ4n) is 3.82. The normalized spacial score (nSPS) is 16.1. The third kappa shape index (κ3) is 2.76. The van der Waals surface area contributed by atoms with Crippen LogP contribution in [0.4, 0.5) is 5.69 Å². The SMILES string of the molecule is C#Cc1ccc([C@H]2C(C(=C)C)=C(C)Nc3c(C)cnc(C)c32)c(C)c1. The van der Waals surface area contributed by atoms with Crippen molar-refractivity contribution in [1.29, 1.82) is 0 Å². The first-order chi connectivity index (χ1) is 11.8. The molecule has 0 fully saturated rings. The van der Waals surface area contributed by atoms with Gasteiger partial charge < -0.3 is 5.32 Å². The van der Waals surface area contributed by atoms with Gasteiger partial charge in [-0.25, -0.2) is 0 Å². The fraction of sp³-hybridized carbons (Fsp3) is 0.261. The van der Waals surface area contributed by atoms with Gasteiger partial charge in [-0.1, -0.05) is 24.1 Å². The van der Waals surface area contributed by atoms with Crippen LogP contribution in [0.2, 0.25) is 0 Å². The Morgan fingerprint density at radius 3 is 2.52 bits per heavy atom. The zero-order chi connectivity index (χ0) is 18.3. The number of hydrogen-bond acceptors (Lipinski definition) is 2. The number of terminal acetylenes is 1. The zero-order valence-electron chi connectivity index (χ0n) is 15.6. The quantitative estimate of drug-likeness (QED) is 0.747. The maximum Gasteiger partial charge on any atom is 0.0487 e. The first-order valence-electron chi connectivity index (χ1n) is 8.52. The van der Waals surface area contributed by atoms with E-state index in [1.54, 1.807) is 0 Å². The minimum atomic E-state index is 0.118. The van der Waals surface area contributed by atoms with Gasteiger partial charge in [0.2, 0.25) is 0 Å². The predicted octanol–water partition coefficient (Wildman–Crippen LogP) is 5.40. The van der Waals surface area contributed by atoms with Gasteiger partial charge in [0.25, 0.3) is 0 Å². The molecule has 2 heteroatoms.